The summed E-state index contributed by atoms with van der Waals surface area (Å²) in [5.41, 5.74) is 3.27. The van der Waals surface area contributed by atoms with E-state index in [9.17, 15) is 4.79 Å². The smallest absolute Gasteiger partial charge is 0.225 e. The highest BCUT2D eigenvalue weighted by Crippen LogP contribution is 2.40. The fourth-order valence-corrected chi connectivity index (χ4v) is 2.55. The molecule has 0 bridgehead atoms. The van der Waals surface area contributed by atoms with Crippen molar-refractivity contribution in [3.63, 3.8) is 0 Å². The van der Waals surface area contributed by atoms with Gasteiger partial charge in [-0.2, -0.15) is 0 Å². The number of anilines is 1. The fourth-order valence-electron chi connectivity index (χ4n) is 2.30. The zero-order chi connectivity index (χ0) is 12.8. The van der Waals surface area contributed by atoms with Crippen molar-refractivity contribution >= 4 is 27.5 Å². The number of halogens is 1. The Balaban J connectivity index is 2.53. The molecule has 92 valence electrons. The molecule has 1 heterocycles. The molecule has 0 saturated carbocycles. The number of fused-ring (bicyclic) bond motifs is 1. The predicted molar refractivity (Wildman–Crippen MR) is 74.7 cm³/mol. The molecule has 1 aromatic carbocycles. The van der Waals surface area contributed by atoms with Gasteiger partial charge in [-0.1, -0.05) is 41.9 Å². The van der Waals surface area contributed by atoms with Crippen LogP contribution in [0.2, 0.25) is 0 Å². The number of hydrogen-bond acceptors (Lipinski definition) is 1. The van der Waals surface area contributed by atoms with E-state index in [1.807, 2.05) is 0 Å². The summed E-state index contributed by atoms with van der Waals surface area (Å²) in [7, 11) is 0. The van der Waals surface area contributed by atoms with Gasteiger partial charge < -0.3 is 5.32 Å². The first-order valence-corrected chi connectivity index (χ1v) is 6.63. The lowest BCUT2D eigenvalue weighted by molar-refractivity contribution is -0.117. The minimum absolute atomic E-state index is 0.0751. The molecule has 0 radical (unpaired) electrons. The second-order valence-corrected chi connectivity index (χ2v) is 7.82. The molecule has 0 atom stereocenters. The Morgan fingerprint density at radius 2 is 2.00 bits per heavy atom. The number of alkyl halides is 1. The molecule has 0 spiro atoms. The number of amides is 1. The largest absolute Gasteiger partial charge is 0.326 e. The van der Waals surface area contributed by atoms with Crippen LogP contribution in [0.25, 0.3) is 0 Å². The molecule has 0 aromatic heterocycles. The van der Waals surface area contributed by atoms with E-state index in [1.165, 1.54) is 11.1 Å². The second-order valence-electron chi connectivity index (χ2n) is 5.84. The summed E-state index contributed by atoms with van der Waals surface area (Å²) >= 11 is 3.65. The van der Waals surface area contributed by atoms with Crippen LogP contribution in [0.1, 0.15) is 45.2 Å². The van der Waals surface area contributed by atoms with Crippen LogP contribution in [-0.4, -0.2) is 5.91 Å². The minimum Gasteiger partial charge on any atom is -0.326 e. The number of carbonyl (C=O) groups excluding carboxylic acids is 1. The van der Waals surface area contributed by atoms with Gasteiger partial charge in [0, 0.05) is 21.8 Å². The van der Waals surface area contributed by atoms with Crippen molar-refractivity contribution in [1.29, 1.82) is 0 Å². The molecule has 17 heavy (non-hydrogen) atoms. The summed E-state index contributed by atoms with van der Waals surface area (Å²) in [6, 6.07) is 6.34. The van der Waals surface area contributed by atoms with E-state index >= 15 is 0 Å². The van der Waals surface area contributed by atoms with Crippen LogP contribution < -0.4 is 5.32 Å². The first-order chi connectivity index (χ1) is 7.70. The highest BCUT2D eigenvalue weighted by molar-refractivity contribution is 9.09. The van der Waals surface area contributed by atoms with Crippen molar-refractivity contribution in [2.24, 2.45) is 0 Å². The first kappa shape index (κ1) is 12.6. The zero-order valence-corrected chi connectivity index (χ0v) is 12.3. The molecule has 0 unspecified atom stereocenters. The van der Waals surface area contributed by atoms with Crippen molar-refractivity contribution < 1.29 is 4.79 Å². The number of benzene rings is 1. The molecule has 0 saturated heterocycles. The van der Waals surface area contributed by atoms with E-state index in [4.69, 9.17) is 0 Å². The molecule has 1 aliphatic heterocycles. The number of carbonyl (C=O) groups is 1. The Bertz CT molecular complexity index is 472. The van der Waals surface area contributed by atoms with Gasteiger partial charge in [0.25, 0.3) is 0 Å². The second kappa shape index (κ2) is 3.84. The minimum atomic E-state index is -0.0767. The van der Waals surface area contributed by atoms with Crippen LogP contribution in [0.4, 0.5) is 5.69 Å². The van der Waals surface area contributed by atoms with Gasteiger partial charge in [0.05, 0.1) is 0 Å². The Labute approximate surface area is 111 Å². The molecule has 0 aliphatic carbocycles. The number of hydrogen-bond donors (Lipinski definition) is 1. The first-order valence-electron chi connectivity index (χ1n) is 5.84. The molecule has 1 aromatic rings. The molecular formula is C14H18BrNO. The number of nitrogens with one attached hydrogen (secondary N) is 1. The van der Waals surface area contributed by atoms with E-state index in [0.29, 0.717) is 6.42 Å². The van der Waals surface area contributed by atoms with Gasteiger partial charge in [0.2, 0.25) is 5.91 Å². The zero-order valence-electron chi connectivity index (χ0n) is 10.7. The fraction of sp³-hybridized carbons (Fsp3) is 0.500. The lowest BCUT2D eigenvalue weighted by atomic mass is 9.77. The topological polar surface area (TPSA) is 29.1 Å². The van der Waals surface area contributed by atoms with Crippen LogP contribution in [-0.2, 0) is 14.5 Å². The maximum absolute atomic E-state index is 11.7. The Morgan fingerprint density at radius 3 is 2.59 bits per heavy atom. The maximum Gasteiger partial charge on any atom is 0.225 e. The molecule has 0 fully saturated rings. The summed E-state index contributed by atoms with van der Waals surface area (Å²) in [5.74, 6) is 0.104. The third-order valence-electron chi connectivity index (χ3n) is 3.31. The van der Waals surface area contributed by atoms with Crippen molar-refractivity contribution in [2.45, 2.75) is 43.9 Å². The summed E-state index contributed by atoms with van der Waals surface area (Å²) in [4.78, 5) is 11.7. The van der Waals surface area contributed by atoms with Crippen molar-refractivity contribution in [2.75, 3.05) is 5.32 Å². The van der Waals surface area contributed by atoms with Crippen LogP contribution in [0.3, 0.4) is 0 Å². The van der Waals surface area contributed by atoms with E-state index in [-0.39, 0.29) is 15.6 Å². The van der Waals surface area contributed by atoms with Crippen molar-refractivity contribution in [3.8, 4) is 0 Å². The van der Waals surface area contributed by atoms with Crippen molar-refractivity contribution in [1.82, 2.24) is 0 Å². The highest BCUT2D eigenvalue weighted by atomic mass is 79.9. The monoisotopic (exact) mass is 295 g/mol. The Morgan fingerprint density at radius 1 is 1.35 bits per heavy atom. The van der Waals surface area contributed by atoms with E-state index < -0.39 is 0 Å². The molecule has 1 aliphatic rings. The normalized spacial score (nSPS) is 18.5. The van der Waals surface area contributed by atoms with Gasteiger partial charge in [-0.3, -0.25) is 4.79 Å². The Hall–Kier alpha value is -0.830. The molecule has 2 rings (SSSR count). The molecule has 3 heteroatoms. The summed E-state index contributed by atoms with van der Waals surface area (Å²) in [6.07, 6.45) is 0.553. The van der Waals surface area contributed by atoms with Crippen LogP contribution in [0.5, 0.6) is 0 Å². The molecule has 2 nitrogen and oxygen atoms in total. The average Bonchev–Trinajstić information content (AvgIpc) is 2.13. The third kappa shape index (κ3) is 2.39. The standard InChI is InChI=1S/C14H18BrNO/c1-13(2)8-12(17)16-11-7-9(14(3,4)15)5-6-10(11)13/h5-7H,8H2,1-4H3,(H,16,17). The summed E-state index contributed by atoms with van der Waals surface area (Å²) < 4.78 is -0.0751. The van der Waals surface area contributed by atoms with Crippen molar-refractivity contribution in [3.05, 3.63) is 29.3 Å². The molecule has 1 amide bonds. The summed E-state index contributed by atoms with van der Waals surface area (Å²) in [6.45, 7) is 8.43. The number of rotatable bonds is 1. The highest BCUT2D eigenvalue weighted by Gasteiger charge is 2.32. The van der Waals surface area contributed by atoms with E-state index in [2.05, 4.69) is 67.1 Å². The summed E-state index contributed by atoms with van der Waals surface area (Å²) in [5, 5.41) is 2.97. The lowest BCUT2D eigenvalue weighted by Gasteiger charge is -2.33. The quantitative estimate of drug-likeness (QED) is 0.781. The van der Waals surface area contributed by atoms with Crippen LogP contribution in [0, 0.1) is 0 Å². The van der Waals surface area contributed by atoms with Gasteiger partial charge >= 0.3 is 0 Å². The van der Waals surface area contributed by atoms with Gasteiger partial charge in [0.15, 0.2) is 0 Å². The van der Waals surface area contributed by atoms with Crippen LogP contribution in [0.15, 0.2) is 18.2 Å². The Kier molecular flexibility index (Phi) is 2.85. The van der Waals surface area contributed by atoms with Crippen LogP contribution >= 0.6 is 15.9 Å². The molecule has 1 N–H and O–H groups in total. The maximum atomic E-state index is 11.7. The average molecular weight is 296 g/mol. The van der Waals surface area contributed by atoms with Gasteiger partial charge in [-0.25, -0.2) is 0 Å². The van der Waals surface area contributed by atoms with Gasteiger partial charge in [-0.15, -0.1) is 0 Å². The van der Waals surface area contributed by atoms with E-state index in [0.717, 1.165) is 5.69 Å². The van der Waals surface area contributed by atoms with E-state index in [1.54, 1.807) is 0 Å². The lowest BCUT2D eigenvalue weighted by Crippen LogP contribution is -2.32. The van der Waals surface area contributed by atoms with Gasteiger partial charge in [0.1, 0.15) is 0 Å². The SMILES string of the molecule is CC(C)(Br)c1ccc2c(c1)NC(=O)CC2(C)C. The van der Waals surface area contributed by atoms with Gasteiger partial charge in [-0.05, 0) is 31.0 Å². The third-order valence-corrected chi connectivity index (χ3v) is 3.77. The predicted octanol–water partition coefficient (Wildman–Crippen LogP) is 3.94. The molecular weight excluding hydrogens is 278 g/mol.